The highest BCUT2D eigenvalue weighted by Crippen LogP contribution is 2.35. The summed E-state index contributed by atoms with van der Waals surface area (Å²) in [5.74, 6) is 0.641. The van der Waals surface area contributed by atoms with Crippen molar-refractivity contribution in [2.75, 3.05) is 30.5 Å². The molecular weight excluding hydrogens is 230 g/mol. The molecule has 6 heteroatoms. The average Bonchev–Trinajstić information content (AvgIpc) is 2.61. The summed E-state index contributed by atoms with van der Waals surface area (Å²) in [5, 5.41) is 4.60. The van der Waals surface area contributed by atoms with E-state index in [-0.39, 0.29) is 0 Å². The summed E-state index contributed by atoms with van der Waals surface area (Å²) < 4.78 is 9.47. The summed E-state index contributed by atoms with van der Waals surface area (Å²) in [7, 11) is 0. The maximum Gasteiger partial charge on any atom is 0.153 e. The fourth-order valence-corrected chi connectivity index (χ4v) is 3.22. The number of ether oxygens (including phenoxy) is 1. The van der Waals surface area contributed by atoms with Crippen LogP contribution in [0, 0.1) is 0 Å². The molecule has 15 heavy (non-hydrogen) atoms. The molecule has 0 spiro atoms. The first-order valence-corrected chi connectivity index (χ1v) is 6.94. The minimum Gasteiger partial charge on any atom is -0.382 e. The summed E-state index contributed by atoms with van der Waals surface area (Å²) >= 11 is 3.09. The third-order valence-corrected chi connectivity index (χ3v) is 4.18. The van der Waals surface area contributed by atoms with Gasteiger partial charge in [0.15, 0.2) is 5.82 Å². The third-order valence-electron chi connectivity index (χ3n) is 2.43. The topological polar surface area (TPSA) is 60.2 Å². The molecule has 0 radical (unpaired) electrons. The number of nitrogen functional groups attached to an aromatic ring is 1. The second kappa shape index (κ2) is 5.05. The molecule has 1 aliphatic rings. The van der Waals surface area contributed by atoms with Crippen LogP contribution in [-0.4, -0.2) is 29.9 Å². The van der Waals surface area contributed by atoms with Gasteiger partial charge in [-0.25, -0.2) is 0 Å². The molecule has 1 saturated heterocycles. The molecule has 0 aliphatic carbocycles. The van der Waals surface area contributed by atoms with Gasteiger partial charge in [-0.05, 0) is 30.6 Å². The van der Waals surface area contributed by atoms with Crippen LogP contribution in [0.3, 0.4) is 0 Å². The molecule has 1 aliphatic heterocycles. The van der Waals surface area contributed by atoms with Gasteiger partial charge in [-0.1, -0.05) is 0 Å². The Hall–Kier alpha value is -0.460. The molecule has 2 heterocycles. The molecule has 4 nitrogen and oxygen atoms in total. The maximum absolute atomic E-state index is 5.77. The number of nitrogens with zero attached hydrogens (tertiary/aromatic N) is 1. The van der Waals surface area contributed by atoms with Gasteiger partial charge in [-0.2, -0.15) is 4.37 Å². The molecule has 84 valence electrons. The predicted octanol–water partition coefficient (Wildman–Crippen LogP) is 2.04. The van der Waals surface area contributed by atoms with Gasteiger partial charge in [-0.15, -0.1) is 11.8 Å². The second-order valence-electron chi connectivity index (χ2n) is 3.46. The Morgan fingerprint density at radius 3 is 2.93 bits per heavy atom. The summed E-state index contributed by atoms with van der Waals surface area (Å²) in [5.41, 5.74) is 5.77. The zero-order valence-electron chi connectivity index (χ0n) is 8.66. The van der Waals surface area contributed by atoms with E-state index in [9.17, 15) is 0 Å². The lowest BCUT2D eigenvalue weighted by Crippen LogP contribution is -2.27. The number of thioether (sulfide) groups is 1. The third kappa shape index (κ3) is 2.56. The first kappa shape index (κ1) is 11.0. The SMILES string of the molecule is CSc1c(N)nsc1NC1CCOCC1. The van der Waals surface area contributed by atoms with Crippen molar-refractivity contribution in [1.82, 2.24) is 4.37 Å². The van der Waals surface area contributed by atoms with E-state index in [0.717, 1.165) is 36.0 Å². The normalized spacial score (nSPS) is 17.9. The van der Waals surface area contributed by atoms with Gasteiger partial charge in [0.1, 0.15) is 5.00 Å². The minimum absolute atomic E-state index is 0.504. The van der Waals surface area contributed by atoms with Gasteiger partial charge in [-0.3, -0.25) is 0 Å². The maximum atomic E-state index is 5.77. The molecule has 1 aromatic heterocycles. The van der Waals surface area contributed by atoms with Crippen LogP contribution in [0.4, 0.5) is 10.8 Å². The monoisotopic (exact) mass is 245 g/mol. The van der Waals surface area contributed by atoms with Gasteiger partial charge in [0.05, 0.1) is 4.90 Å². The van der Waals surface area contributed by atoms with Crippen molar-refractivity contribution in [1.29, 1.82) is 0 Å². The summed E-state index contributed by atoms with van der Waals surface area (Å²) in [4.78, 5) is 1.08. The zero-order chi connectivity index (χ0) is 10.7. The molecule has 1 aromatic rings. The molecular formula is C9H15N3OS2. The largest absolute Gasteiger partial charge is 0.382 e. The fraction of sp³-hybridized carbons (Fsp3) is 0.667. The van der Waals surface area contributed by atoms with Gasteiger partial charge in [0.25, 0.3) is 0 Å². The molecule has 0 amide bonds. The van der Waals surface area contributed by atoms with Gasteiger partial charge < -0.3 is 15.8 Å². The van der Waals surface area contributed by atoms with Crippen molar-refractivity contribution < 1.29 is 4.74 Å². The zero-order valence-corrected chi connectivity index (χ0v) is 10.3. The Balaban J connectivity index is 2.02. The molecule has 0 aromatic carbocycles. The number of aromatic nitrogens is 1. The standard InChI is InChI=1S/C9H15N3OS2/c1-14-7-8(10)12-15-9(7)11-6-2-4-13-5-3-6/h6,11H,2-5H2,1H3,(H2,10,12). The highest BCUT2D eigenvalue weighted by Gasteiger charge is 2.17. The number of nitrogens with one attached hydrogen (secondary N) is 1. The van der Waals surface area contributed by atoms with E-state index in [4.69, 9.17) is 10.5 Å². The Bertz CT molecular complexity index is 323. The van der Waals surface area contributed by atoms with Crippen LogP contribution < -0.4 is 11.1 Å². The van der Waals surface area contributed by atoms with Gasteiger partial charge in [0.2, 0.25) is 0 Å². The van der Waals surface area contributed by atoms with Gasteiger partial charge in [0, 0.05) is 19.3 Å². The Kier molecular flexibility index (Phi) is 3.71. The predicted molar refractivity (Wildman–Crippen MR) is 65.8 cm³/mol. The highest BCUT2D eigenvalue weighted by atomic mass is 32.2. The number of rotatable bonds is 3. The average molecular weight is 245 g/mol. The van der Waals surface area contributed by atoms with Crippen molar-refractivity contribution in [3.8, 4) is 0 Å². The second-order valence-corrected chi connectivity index (χ2v) is 5.05. The Morgan fingerprint density at radius 1 is 1.53 bits per heavy atom. The van der Waals surface area contributed by atoms with E-state index >= 15 is 0 Å². The lowest BCUT2D eigenvalue weighted by atomic mass is 10.1. The van der Waals surface area contributed by atoms with Crippen LogP contribution in [0.5, 0.6) is 0 Å². The van der Waals surface area contributed by atoms with Crippen LogP contribution in [0.1, 0.15) is 12.8 Å². The first-order valence-electron chi connectivity index (χ1n) is 4.94. The van der Waals surface area contributed by atoms with Gasteiger partial charge >= 0.3 is 0 Å². The van der Waals surface area contributed by atoms with Crippen molar-refractivity contribution in [3.05, 3.63) is 0 Å². The summed E-state index contributed by atoms with van der Waals surface area (Å²) in [6.45, 7) is 1.70. The minimum atomic E-state index is 0.504. The Morgan fingerprint density at radius 2 is 2.27 bits per heavy atom. The molecule has 0 atom stereocenters. The fourth-order valence-electron chi connectivity index (χ4n) is 1.61. The quantitative estimate of drug-likeness (QED) is 0.798. The number of nitrogens with two attached hydrogens (primary N) is 1. The summed E-state index contributed by atoms with van der Waals surface area (Å²) in [6, 6.07) is 0.504. The number of anilines is 2. The molecule has 2 rings (SSSR count). The number of hydrogen-bond donors (Lipinski definition) is 2. The van der Waals surface area contributed by atoms with E-state index < -0.39 is 0 Å². The highest BCUT2D eigenvalue weighted by molar-refractivity contribution is 7.99. The molecule has 0 saturated carbocycles. The van der Waals surface area contributed by atoms with E-state index in [1.807, 2.05) is 6.26 Å². The van der Waals surface area contributed by atoms with Crippen molar-refractivity contribution in [2.24, 2.45) is 0 Å². The lowest BCUT2D eigenvalue weighted by molar-refractivity contribution is 0.0905. The van der Waals surface area contributed by atoms with Crippen molar-refractivity contribution >= 4 is 34.1 Å². The van der Waals surface area contributed by atoms with E-state index in [0.29, 0.717) is 11.9 Å². The van der Waals surface area contributed by atoms with Crippen LogP contribution in [0.2, 0.25) is 0 Å². The first-order chi connectivity index (χ1) is 7.31. The lowest BCUT2D eigenvalue weighted by Gasteiger charge is -2.23. The van der Waals surface area contributed by atoms with Crippen LogP contribution >= 0.6 is 23.3 Å². The van der Waals surface area contributed by atoms with Crippen LogP contribution in [-0.2, 0) is 4.74 Å². The van der Waals surface area contributed by atoms with E-state index in [2.05, 4.69) is 9.69 Å². The van der Waals surface area contributed by atoms with E-state index in [1.54, 1.807) is 11.8 Å². The van der Waals surface area contributed by atoms with Crippen LogP contribution in [0.25, 0.3) is 0 Å². The molecule has 1 fully saturated rings. The van der Waals surface area contributed by atoms with Crippen molar-refractivity contribution in [2.45, 2.75) is 23.8 Å². The van der Waals surface area contributed by atoms with Crippen LogP contribution in [0.15, 0.2) is 4.90 Å². The van der Waals surface area contributed by atoms with E-state index in [1.165, 1.54) is 11.5 Å². The molecule has 3 N–H and O–H groups in total. The summed E-state index contributed by atoms with van der Waals surface area (Å²) in [6.07, 6.45) is 4.15. The van der Waals surface area contributed by atoms with Crippen molar-refractivity contribution in [3.63, 3.8) is 0 Å². The number of hydrogen-bond acceptors (Lipinski definition) is 6. The smallest absolute Gasteiger partial charge is 0.153 e. The molecule has 0 unspecified atom stereocenters. The molecule has 0 bridgehead atoms. The Labute approximate surface area is 97.7 Å².